The number of piperazine rings is 1. The summed E-state index contributed by atoms with van der Waals surface area (Å²) in [7, 11) is 0. The molecule has 0 spiro atoms. The minimum absolute atomic E-state index is 0. The van der Waals surface area contributed by atoms with Gasteiger partial charge in [0.1, 0.15) is 0 Å². The maximum Gasteiger partial charge on any atom is 0.324 e. The van der Waals surface area contributed by atoms with Gasteiger partial charge in [0.05, 0.1) is 6.04 Å². The number of carbonyl (C=O) groups excluding carboxylic acids is 1. The molecule has 1 atom stereocenters. The molecule has 0 radical (unpaired) electrons. The van der Waals surface area contributed by atoms with Gasteiger partial charge in [-0.15, -0.1) is 12.4 Å². The van der Waals surface area contributed by atoms with Crippen molar-refractivity contribution in [1.29, 1.82) is 0 Å². The highest BCUT2D eigenvalue weighted by atomic mass is 35.5. The van der Waals surface area contributed by atoms with Gasteiger partial charge in [-0.3, -0.25) is 4.90 Å². The van der Waals surface area contributed by atoms with E-state index in [9.17, 15) is 4.79 Å². The number of hydrogen-bond acceptors (Lipinski definition) is 2. The molecule has 1 N–H and O–H groups in total. The molecular weight excluding hydrogens is 273 g/mol. The molecule has 6 heteroatoms. The Bertz CT molecular complexity index is 455. The highest BCUT2D eigenvalue weighted by Gasteiger charge is 2.38. The Morgan fingerprint density at radius 2 is 2.22 bits per heavy atom. The molecule has 2 amide bonds. The highest BCUT2D eigenvalue weighted by Crippen LogP contribution is 2.26. The van der Waals surface area contributed by atoms with Gasteiger partial charge in [-0.2, -0.15) is 0 Å². The van der Waals surface area contributed by atoms with Gasteiger partial charge < -0.3 is 10.2 Å². The lowest BCUT2D eigenvalue weighted by Gasteiger charge is -2.28. The van der Waals surface area contributed by atoms with Gasteiger partial charge in [-0.25, -0.2) is 4.79 Å². The number of amides is 2. The van der Waals surface area contributed by atoms with Crippen LogP contribution in [0.1, 0.15) is 0 Å². The quantitative estimate of drug-likeness (QED) is 0.857. The number of rotatable bonds is 1. The summed E-state index contributed by atoms with van der Waals surface area (Å²) in [6.45, 7) is 3.29. The van der Waals surface area contributed by atoms with E-state index in [0.717, 1.165) is 31.9 Å². The number of benzene rings is 1. The van der Waals surface area contributed by atoms with Crippen LogP contribution in [0.15, 0.2) is 24.3 Å². The number of halogens is 2. The van der Waals surface area contributed by atoms with Crippen molar-refractivity contribution < 1.29 is 4.79 Å². The lowest BCUT2D eigenvalue weighted by atomic mass is 10.2. The molecule has 0 aliphatic carbocycles. The van der Waals surface area contributed by atoms with Crippen molar-refractivity contribution >= 4 is 35.7 Å². The van der Waals surface area contributed by atoms with Crippen LogP contribution >= 0.6 is 24.0 Å². The Balaban J connectivity index is 0.00000120. The first-order chi connectivity index (χ1) is 8.25. The molecule has 4 nitrogen and oxygen atoms in total. The van der Waals surface area contributed by atoms with Crippen molar-refractivity contribution in [2.45, 2.75) is 6.04 Å². The number of nitrogens with zero attached hydrogens (tertiary/aromatic N) is 2. The van der Waals surface area contributed by atoms with E-state index in [0.29, 0.717) is 5.02 Å². The molecule has 2 aliphatic heterocycles. The predicted molar refractivity (Wildman–Crippen MR) is 74.8 cm³/mol. The smallest absolute Gasteiger partial charge is 0.317 e. The normalized spacial score (nSPS) is 22.7. The first-order valence-corrected chi connectivity index (χ1v) is 6.18. The summed E-state index contributed by atoms with van der Waals surface area (Å²) in [4.78, 5) is 16.0. The molecule has 98 valence electrons. The summed E-state index contributed by atoms with van der Waals surface area (Å²) in [5.41, 5.74) is 0.886. The number of hydrogen-bond donors (Lipinski definition) is 1. The van der Waals surface area contributed by atoms with Crippen molar-refractivity contribution in [2.75, 3.05) is 31.1 Å². The fourth-order valence-corrected chi connectivity index (χ4v) is 2.66. The van der Waals surface area contributed by atoms with E-state index >= 15 is 0 Å². The Morgan fingerprint density at radius 1 is 1.39 bits per heavy atom. The third-order valence-electron chi connectivity index (χ3n) is 3.34. The lowest BCUT2D eigenvalue weighted by Crippen LogP contribution is -2.49. The Labute approximate surface area is 117 Å². The summed E-state index contributed by atoms with van der Waals surface area (Å²) in [5.74, 6) is 0. The summed E-state index contributed by atoms with van der Waals surface area (Å²) in [6.07, 6.45) is 0. The molecule has 1 unspecified atom stereocenters. The van der Waals surface area contributed by atoms with E-state index in [4.69, 9.17) is 11.6 Å². The van der Waals surface area contributed by atoms with Crippen LogP contribution in [0.25, 0.3) is 0 Å². The van der Waals surface area contributed by atoms with E-state index in [1.807, 2.05) is 34.1 Å². The van der Waals surface area contributed by atoms with Crippen molar-refractivity contribution in [2.24, 2.45) is 0 Å². The van der Waals surface area contributed by atoms with Gasteiger partial charge in [0.25, 0.3) is 0 Å². The zero-order valence-electron chi connectivity index (χ0n) is 9.80. The Kier molecular flexibility index (Phi) is 4.00. The average Bonchev–Trinajstić information content (AvgIpc) is 2.68. The first kappa shape index (κ1) is 13.5. The molecule has 2 saturated heterocycles. The van der Waals surface area contributed by atoms with E-state index in [1.54, 1.807) is 0 Å². The minimum Gasteiger partial charge on any atom is -0.317 e. The zero-order chi connectivity index (χ0) is 11.8. The van der Waals surface area contributed by atoms with Crippen LogP contribution in [0.5, 0.6) is 0 Å². The molecule has 2 heterocycles. The average molecular weight is 288 g/mol. The SMILES string of the molecule is Cl.O=C1N(c2cccc(Cl)c2)CC2CNCCN12. The van der Waals surface area contributed by atoms with Crippen molar-refractivity contribution in [3.8, 4) is 0 Å². The maximum atomic E-state index is 12.2. The molecule has 1 aromatic carbocycles. The van der Waals surface area contributed by atoms with E-state index < -0.39 is 0 Å². The second kappa shape index (κ2) is 5.34. The molecule has 1 aromatic rings. The summed E-state index contributed by atoms with van der Waals surface area (Å²) < 4.78 is 0. The van der Waals surface area contributed by atoms with Gasteiger partial charge in [0.2, 0.25) is 0 Å². The standard InChI is InChI=1S/C12H14ClN3O.ClH/c13-9-2-1-3-10(6-9)16-8-11-7-14-4-5-15(11)12(16)17;/h1-3,6,11,14H,4-5,7-8H2;1H. The lowest BCUT2D eigenvalue weighted by molar-refractivity contribution is 0.193. The van der Waals surface area contributed by atoms with Gasteiger partial charge in [-0.05, 0) is 18.2 Å². The predicted octanol–water partition coefficient (Wildman–Crippen LogP) is 1.98. The first-order valence-electron chi connectivity index (χ1n) is 5.80. The molecule has 0 bridgehead atoms. The van der Waals surface area contributed by atoms with Crippen LogP contribution in [-0.2, 0) is 0 Å². The summed E-state index contributed by atoms with van der Waals surface area (Å²) >= 11 is 5.96. The van der Waals surface area contributed by atoms with Gasteiger partial charge in [-0.1, -0.05) is 17.7 Å². The number of fused-ring (bicyclic) bond motifs is 1. The molecule has 0 aromatic heterocycles. The van der Waals surface area contributed by atoms with E-state index in [2.05, 4.69) is 5.32 Å². The Morgan fingerprint density at radius 3 is 2.94 bits per heavy atom. The number of nitrogens with one attached hydrogen (secondary N) is 1. The zero-order valence-corrected chi connectivity index (χ0v) is 11.4. The third-order valence-corrected chi connectivity index (χ3v) is 3.58. The second-order valence-corrected chi connectivity index (χ2v) is 4.86. The van der Waals surface area contributed by atoms with Gasteiger partial charge in [0.15, 0.2) is 0 Å². The minimum atomic E-state index is 0. The Hall–Kier alpha value is -0.970. The summed E-state index contributed by atoms with van der Waals surface area (Å²) in [5, 5.41) is 3.98. The van der Waals surface area contributed by atoms with Crippen molar-refractivity contribution in [3.63, 3.8) is 0 Å². The fourth-order valence-electron chi connectivity index (χ4n) is 2.48. The van der Waals surface area contributed by atoms with Crippen LogP contribution in [0.4, 0.5) is 10.5 Å². The topological polar surface area (TPSA) is 35.6 Å². The van der Waals surface area contributed by atoms with Crippen LogP contribution in [0, 0.1) is 0 Å². The molecule has 2 aliphatic rings. The molecule has 2 fully saturated rings. The number of carbonyl (C=O) groups is 1. The monoisotopic (exact) mass is 287 g/mol. The molecule has 3 rings (SSSR count). The second-order valence-electron chi connectivity index (χ2n) is 4.42. The third kappa shape index (κ3) is 2.28. The van der Waals surface area contributed by atoms with Gasteiger partial charge in [0, 0.05) is 36.9 Å². The van der Waals surface area contributed by atoms with E-state index in [1.165, 1.54) is 0 Å². The van der Waals surface area contributed by atoms with Crippen LogP contribution in [0.2, 0.25) is 5.02 Å². The molecular formula is C12H15Cl2N3O. The fraction of sp³-hybridized carbons (Fsp3) is 0.417. The van der Waals surface area contributed by atoms with Crippen LogP contribution in [0.3, 0.4) is 0 Å². The van der Waals surface area contributed by atoms with Crippen LogP contribution in [-0.4, -0.2) is 43.2 Å². The summed E-state index contributed by atoms with van der Waals surface area (Å²) in [6, 6.07) is 7.84. The largest absolute Gasteiger partial charge is 0.324 e. The maximum absolute atomic E-state index is 12.2. The highest BCUT2D eigenvalue weighted by molar-refractivity contribution is 6.30. The van der Waals surface area contributed by atoms with E-state index in [-0.39, 0.29) is 24.5 Å². The molecule has 0 saturated carbocycles. The van der Waals surface area contributed by atoms with Crippen molar-refractivity contribution in [1.82, 2.24) is 10.2 Å². The van der Waals surface area contributed by atoms with Crippen molar-refractivity contribution in [3.05, 3.63) is 29.3 Å². The number of anilines is 1. The number of urea groups is 1. The molecule has 18 heavy (non-hydrogen) atoms. The van der Waals surface area contributed by atoms with Crippen LogP contribution < -0.4 is 10.2 Å². The van der Waals surface area contributed by atoms with Gasteiger partial charge >= 0.3 is 6.03 Å².